The van der Waals surface area contributed by atoms with E-state index in [-0.39, 0.29) is 6.10 Å². The van der Waals surface area contributed by atoms with Gasteiger partial charge in [-0.25, -0.2) is 0 Å². The molecule has 0 spiro atoms. The highest BCUT2D eigenvalue weighted by Gasteiger charge is 2.63. The van der Waals surface area contributed by atoms with E-state index in [9.17, 15) is 10.2 Å². The molecule has 0 aromatic carbocycles. The van der Waals surface area contributed by atoms with Crippen molar-refractivity contribution >= 4 is 0 Å². The normalized spacial score (nSPS) is 49.1. The summed E-state index contributed by atoms with van der Waals surface area (Å²) in [6, 6.07) is 0. The summed E-state index contributed by atoms with van der Waals surface area (Å²) >= 11 is 0. The maximum Gasteiger partial charge on any atom is 0.0653 e. The molecule has 4 aliphatic carbocycles. The third-order valence-electron chi connectivity index (χ3n) is 12.4. The summed E-state index contributed by atoms with van der Waals surface area (Å²) in [7, 11) is 0. The second-order valence-corrected chi connectivity index (χ2v) is 14.0. The highest BCUT2D eigenvalue weighted by Crippen LogP contribution is 2.69. The average Bonchev–Trinajstić information content (AvgIpc) is 3.09. The molecule has 0 radical (unpaired) electrons. The quantitative estimate of drug-likeness (QED) is 0.444. The largest absolute Gasteiger partial charge is 0.393 e. The molecule has 0 aromatic heterocycles. The molecule has 4 aliphatic rings. The number of aliphatic hydroxyl groups is 2. The molecule has 11 atom stereocenters. The first-order valence-corrected chi connectivity index (χ1v) is 14.4. The Hall–Kier alpha value is -0.0800. The van der Waals surface area contributed by atoms with Crippen LogP contribution >= 0.6 is 0 Å². The van der Waals surface area contributed by atoms with Crippen molar-refractivity contribution < 1.29 is 10.2 Å². The zero-order chi connectivity index (χ0) is 23.5. The first-order chi connectivity index (χ1) is 15.0. The van der Waals surface area contributed by atoms with Crippen molar-refractivity contribution in [3.05, 3.63) is 0 Å². The predicted molar refractivity (Wildman–Crippen MR) is 134 cm³/mol. The Morgan fingerprint density at radius 2 is 1.53 bits per heavy atom. The number of aliphatic hydroxyl groups excluding tert-OH is 1. The molecule has 0 aromatic rings. The zero-order valence-electron chi connectivity index (χ0n) is 22.4. The van der Waals surface area contributed by atoms with Gasteiger partial charge in [-0.15, -0.1) is 0 Å². The van der Waals surface area contributed by atoms with Gasteiger partial charge in [0.2, 0.25) is 0 Å². The standard InChI is InChI=1S/C30H54O2/c1-8-21(19(2)3)13-18-30(7,32)27-12-11-24-22-9-10-23-20(4)26(31)15-17-28(23,5)25(22)14-16-29(24,27)6/h19-27,31-32H,8-18H2,1-7H3/t20?,21?,22-,23?,24-,25-,26?,27-,28-,29-,30-/m0/s1. The lowest BCUT2D eigenvalue weighted by Gasteiger charge is -2.62. The molecule has 2 nitrogen and oxygen atoms in total. The van der Waals surface area contributed by atoms with Crippen LogP contribution in [-0.4, -0.2) is 21.9 Å². The monoisotopic (exact) mass is 446 g/mol. The Bertz CT molecular complexity index is 655. The smallest absolute Gasteiger partial charge is 0.0653 e. The van der Waals surface area contributed by atoms with Gasteiger partial charge in [0.15, 0.2) is 0 Å². The molecule has 4 unspecified atom stereocenters. The average molecular weight is 447 g/mol. The zero-order valence-corrected chi connectivity index (χ0v) is 22.4. The Balaban J connectivity index is 1.50. The highest BCUT2D eigenvalue weighted by atomic mass is 16.3. The molecule has 4 rings (SSSR count). The van der Waals surface area contributed by atoms with E-state index in [0.717, 1.165) is 36.5 Å². The van der Waals surface area contributed by atoms with Gasteiger partial charge in [-0.3, -0.25) is 0 Å². The van der Waals surface area contributed by atoms with Crippen molar-refractivity contribution in [2.24, 2.45) is 58.2 Å². The Morgan fingerprint density at radius 3 is 2.19 bits per heavy atom. The summed E-state index contributed by atoms with van der Waals surface area (Å²) in [6.45, 7) is 16.7. The van der Waals surface area contributed by atoms with E-state index in [4.69, 9.17) is 0 Å². The molecule has 4 fully saturated rings. The van der Waals surface area contributed by atoms with Crippen molar-refractivity contribution in [3.8, 4) is 0 Å². The summed E-state index contributed by atoms with van der Waals surface area (Å²) in [5.74, 6) is 5.56. The molecular weight excluding hydrogens is 392 g/mol. The first-order valence-electron chi connectivity index (χ1n) is 14.4. The second-order valence-electron chi connectivity index (χ2n) is 14.0. The lowest BCUT2D eigenvalue weighted by molar-refractivity contribution is -0.159. The van der Waals surface area contributed by atoms with Gasteiger partial charge in [0.1, 0.15) is 0 Å². The topological polar surface area (TPSA) is 40.5 Å². The van der Waals surface area contributed by atoms with E-state index >= 15 is 0 Å². The fraction of sp³-hybridized carbons (Fsp3) is 1.00. The van der Waals surface area contributed by atoms with Crippen LogP contribution in [0.15, 0.2) is 0 Å². The van der Waals surface area contributed by atoms with Crippen LogP contribution < -0.4 is 0 Å². The van der Waals surface area contributed by atoms with Crippen LogP contribution in [0, 0.1) is 58.2 Å². The molecule has 2 N–H and O–H groups in total. The molecule has 32 heavy (non-hydrogen) atoms. The minimum atomic E-state index is -0.525. The molecule has 2 heteroatoms. The van der Waals surface area contributed by atoms with Crippen LogP contribution in [0.3, 0.4) is 0 Å². The number of hydrogen-bond acceptors (Lipinski definition) is 2. The van der Waals surface area contributed by atoms with Gasteiger partial charge < -0.3 is 10.2 Å². The van der Waals surface area contributed by atoms with E-state index < -0.39 is 5.60 Å². The van der Waals surface area contributed by atoms with E-state index in [0.29, 0.717) is 34.5 Å². The summed E-state index contributed by atoms with van der Waals surface area (Å²) in [5, 5.41) is 22.4. The molecule has 0 amide bonds. The van der Waals surface area contributed by atoms with E-state index in [1.165, 1.54) is 57.8 Å². The summed E-state index contributed by atoms with van der Waals surface area (Å²) < 4.78 is 0. The van der Waals surface area contributed by atoms with Crippen molar-refractivity contribution in [1.29, 1.82) is 0 Å². The van der Waals surface area contributed by atoms with Gasteiger partial charge in [-0.2, -0.15) is 0 Å². The Labute approximate surface area is 199 Å². The van der Waals surface area contributed by atoms with Gasteiger partial charge in [0, 0.05) is 0 Å². The van der Waals surface area contributed by atoms with Crippen molar-refractivity contribution in [2.45, 2.75) is 131 Å². The van der Waals surface area contributed by atoms with E-state index in [1.54, 1.807) is 0 Å². The van der Waals surface area contributed by atoms with Gasteiger partial charge in [0.25, 0.3) is 0 Å². The SMILES string of the molecule is CCC(CC[C@](C)(O)[C@H]1CC[C@H]2[C@@H]3CCC4C(C)C(O)CC[C@]4(C)[C@H]3CC[C@@]21C)C(C)C. The van der Waals surface area contributed by atoms with Crippen LogP contribution in [0.5, 0.6) is 0 Å². The van der Waals surface area contributed by atoms with Gasteiger partial charge in [-0.1, -0.05) is 48.0 Å². The van der Waals surface area contributed by atoms with Crippen molar-refractivity contribution in [1.82, 2.24) is 0 Å². The lowest BCUT2D eigenvalue weighted by Crippen LogP contribution is -2.57. The van der Waals surface area contributed by atoms with Crippen molar-refractivity contribution in [2.75, 3.05) is 0 Å². The van der Waals surface area contributed by atoms with Gasteiger partial charge >= 0.3 is 0 Å². The molecular formula is C30H54O2. The third kappa shape index (κ3) is 3.92. The summed E-state index contributed by atoms with van der Waals surface area (Å²) in [4.78, 5) is 0. The maximum absolute atomic E-state index is 11.8. The molecule has 0 saturated heterocycles. The number of hydrogen-bond donors (Lipinski definition) is 2. The predicted octanol–water partition coefficient (Wildman–Crippen LogP) is 7.47. The van der Waals surface area contributed by atoms with Crippen LogP contribution in [0.2, 0.25) is 0 Å². The van der Waals surface area contributed by atoms with Crippen LogP contribution in [0.4, 0.5) is 0 Å². The van der Waals surface area contributed by atoms with Gasteiger partial charge in [0.05, 0.1) is 11.7 Å². The molecule has 0 bridgehead atoms. The first kappa shape index (κ1) is 25.0. The fourth-order valence-corrected chi connectivity index (χ4v) is 10.4. The van der Waals surface area contributed by atoms with Crippen LogP contribution in [0.25, 0.3) is 0 Å². The molecule has 0 heterocycles. The summed E-state index contributed by atoms with van der Waals surface area (Å²) in [5.41, 5.74) is 0.214. The second kappa shape index (κ2) is 8.85. The van der Waals surface area contributed by atoms with Crippen LogP contribution in [-0.2, 0) is 0 Å². The van der Waals surface area contributed by atoms with E-state index in [2.05, 4.69) is 48.5 Å². The molecule has 4 saturated carbocycles. The Kier molecular flexibility index (Phi) is 6.92. The molecule has 186 valence electrons. The maximum atomic E-state index is 11.8. The lowest BCUT2D eigenvalue weighted by atomic mass is 9.43. The number of fused-ring (bicyclic) bond motifs is 5. The minimum absolute atomic E-state index is 0.0813. The minimum Gasteiger partial charge on any atom is -0.393 e. The van der Waals surface area contributed by atoms with E-state index in [1.807, 2.05) is 0 Å². The Morgan fingerprint density at radius 1 is 0.906 bits per heavy atom. The number of rotatable bonds is 6. The summed E-state index contributed by atoms with van der Waals surface area (Å²) in [6.07, 6.45) is 13.4. The highest BCUT2D eigenvalue weighted by molar-refractivity contribution is 5.12. The van der Waals surface area contributed by atoms with Crippen molar-refractivity contribution in [3.63, 3.8) is 0 Å². The third-order valence-corrected chi connectivity index (χ3v) is 12.4. The van der Waals surface area contributed by atoms with Gasteiger partial charge in [-0.05, 0) is 129 Å². The molecule has 0 aliphatic heterocycles. The fourth-order valence-electron chi connectivity index (χ4n) is 10.4. The van der Waals surface area contributed by atoms with Crippen LogP contribution in [0.1, 0.15) is 119 Å².